The fourth-order valence-corrected chi connectivity index (χ4v) is 1.95. The normalized spacial score (nSPS) is 10.1. The summed E-state index contributed by atoms with van der Waals surface area (Å²) < 4.78 is 0.635. The van der Waals surface area contributed by atoms with Crippen molar-refractivity contribution in [2.24, 2.45) is 5.29 Å². The zero-order chi connectivity index (χ0) is 10.8. The second kappa shape index (κ2) is 3.58. The molecule has 1 heterocycles. The Morgan fingerprint density at radius 2 is 2.33 bits per heavy atom. The van der Waals surface area contributed by atoms with Crippen molar-refractivity contribution in [1.82, 2.24) is 4.98 Å². The third kappa shape index (κ3) is 1.74. The lowest BCUT2D eigenvalue weighted by molar-refractivity contribution is -0.384. The van der Waals surface area contributed by atoms with Crippen LogP contribution in [0.15, 0.2) is 23.5 Å². The molecule has 2 rings (SSSR count). The molecule has 1 aromatic carbocycles. The van der Waals surface area contributed by atoms with Gasteiger partial charge in [0, 0.05) is 12.1 Å². The van der Waals surface area contributed by atoms with Crippen LogP contribution in [0.4, 0.5) is 10.8 Å². The van der Waals surface area contributed by atoms with Gasteiger partial charge in [0.1, 0.15) is 0 Å². The van der Waals surface area contributed by atoms with E-state index in [4.69, 9.17) is 0 Å². The van der Waals surface area contributed by atoms with Crippen LogP contribution in [-0.4, -0.2) is 9.91 Å². The van der Waals surface area contributed by atoms with E-state index >= 15 is 0 Å². The lowest BCUT2D eigenvalue weighted by Crippen LogP contribution is -1.86. The summed E-state index contributed by atoms with van der Waals surface area (Å²) in [5, 5.41) is 13.3. The van der Waals surface area contributed by atoms with Crippen LogP contribution < -0.4 is 5.43 Å². The molecule has 76 valence electrons. The predicted molar refractivity (Wildman–Crippen MR) is 55.7 cm³/mol. The van der Waals surface area contributed by atoms with E-state index in [1.54, 1.807) is 0 Å². The molecule has 8 heteroatoms. The summed E-state index contributed by atoms with van der Waals surface area (Å²) in [4.78, 5) is 23.9. The predicted octanol–water partition coefficient (Wildman–Crippen LogP) is 2.30. The molecule has 0 bridgehead atoms. The second-order valence-electron chi connectivity index (χ2n) is 2.63. The number of rotatable bonds is 3. The van der Waals surface area contributed by atoms with Crippen molar-refractivity contribution in [3.05, 3.63) is 33.2 Å². The first-order chi connectivity index (χ1) is 7.20. The van der Waals surface area contributed by atoms with Crippen molar-refractivity contribution < 1.29 is 4.92 Å². The molecule has 0 aliphatic carbocycles. The molecule has 0 radical (unpaired) electrons. The van der Waals surface area contributed by atoms with Gasteiger partial charge in [-0.3, -0.25) is 10.1 Å². The number of thiazole rings is 1. The summed E-state index contributed by atoms with van der Waals surface area (Å²) in [5.41, 5.74) is 2.74. The molecule has 1 aromatic heterocycles. The van der Waals surface area contributed by atoms with Crippen LogP contribution in [0.25, 0.3) is 10.2 Å². The molecule has 0 amide bonds. The number of anilines is 1. The van der Waals surface area contributed by atoms with Gasteiger partial charge < -0.3 is 0 Å². The van der Waals surface area contributed by atoms with Crippen LogP contribution in [0.2, 0.25) is 0 Å². The minimum absolute atomic E-state index is 0.00300. The van der Waals surface area contributed by atoms with Crippen molar-refractivity contribution in [2.45, 2.75) is 0 Å². The monoisotopic (exact) mass is 224 g/mol. The Bertz CT molecular complexity index is 538. The van der Waals surface area contributed by atoms with Crippen molar-refractivity contribution in [1.29, 1.82) is 0 Å². The number of hydrogen-bond donors (Lipinski definition) is 1. The smallest absolute Gasteiger partial charge is 0.258 e. The zero-order valence-corrected chi connectivity index (χ0v) is 8.02. The van der Waals surface area contributed by atoms with Gasteiger partial charge in [-0.05, 0) is 6.07 Å². The molecule has 0 saturated heterocycles. The van der Waals surface area contributed by atoms with E-state index in [1.165, 1.54) is 18.2 Å². The van der Waals surface area contributed by atoms with Gasteiger partial charge in [0.05, 0.1) is 20.4 Å². The van der Waals surface area contributed by atoms with Crippen molar-refractivity contribution in [3.63, 3.8) is 0 Å². The maximum absolute atomic E-state index is 10.5. The van der Waals surface area contributed by atoms with Crippen molar-refractivity contribution >= 4 is 32.4 Å². The van der Waals surface area contributed by atoms with Crippen LogP contribution in [0.1, 0.15) is 0 Å². The van der Waals surface area contributed by atoms with E-state index in [0.717, 1.165) is 11.3 Å². The van der Waals surface area contributed by atoms with E-state index in [-0.39, 0.29) is 5.69 Å². The van der Waals surface area contributed by atoms with E-state index in [9.17, 15) is 15.0 Å². The lowest BCUT2D eigenvalue weighted by atomic mass is 10.3. The Balaban J connectivity index is 2.51. The highest BCUT2D eigenvalue weighted by atomic mass is 32.1. The average Bonchev–Trinajstić information content (AvgIpc) is 2.59. The van der Waals surface area contributed by atoms with Gasteiger partial charge in [-0.15, -0.1) is 4.91 Å². The Kier molecular flexibility index (Phi) is 2.26. The Labute approximate surface area is 86.8 Å². The molecule has 2 aromatic rings. The van der Waals surface area contributed by atoms with Gasteiger partial charge in [0.2, 0.25) is 5.13 Å². The molecule has 0 spiro atoms. The van der Waals surface area contributed by atoms with Gasteiger partial charge in [-0.25, -0.2) is 10.4 Å². The SMILES string of the molecule is O=NNc1nc2ccc([N+](=O)[O-])cc2s1. The summed E-state index contributed by atoms with van der Waals surface area (Å²) in [7, 11) is 0. The van der Waals surface area contributed by atoms with Crippen LogP contribution in [0.3, 0.4) is 0 Å². The number of nitrogens with one attached hydrogen (secondary N) is 1. The first-order valence-electron chi connectivity index (χ1n) is 3.84. The number of nitro benzene ring substituents is 1. The summed E-state index contributed by atoms with van der Waals surface area (Å²) in [6.07, 6.45) is 0. The largest absolute Gasteiger partial charge is 0.270 e. The number of benzene rings is 1. The van der Waals surface area contributed by atoms with Crippen LogP contribution >= 0.6 is 11.3 Å². The minimum Gasteiger partial charge on any atom is -0.258 e. The molecule has 0 aliphatic heterocycles. The summed E-state index contributed by atoms with van der Waals surface area (Å²) in [6, 6.07) is 4.29. The fraction of sp³-hybridized carbons (Fsp3) is 0. The quantitative estimate of drug-likeness (QED) is 0.490. The van der Waals surface area contributed by atoms with Gasteiger partial charge in [-0.1, -0.05) is 11.3 Å². The highest BCUT2D eigenvalue weighted by Crippen LogP contribution is 2.28. The maximum Gasteiger partial charge on any atom is 0.270 e. The third-order valence-electron chi connectivity index (χ3n) is 1.72. The van der Waals surface area contributed by atoms with E-state index < -0.39 is 4.92 Å². The standard InChI is InChI=1S/C7H4N4O3S/c12-10-9-7-8-5-2-1-4(11(13)14)3-6(5)15-7/h1-3H,(H,8,9,12). The fourth-order valence-electron chi connectivity index (χ4n) is 1.11. The number of non-ortho nitro benzene ring substituents is 1. The lowest BCUT2D eigenvalue weighted by Gasteiger charge is -1.88. The van der Waals surface area contributed by atoms with E-state index in [0.29, 0.717) is 15.3 Å². The summed E-state index contributed by atoms with van der Waals surface area (Å²) in [6.45, 7) is 0. The Morgan fingerprint density at radius 1 is 1.53 bits per heavy atom. The average molecular weight is 224 g/mol. The van der Waals surface area contributed by atoms with Gasteiger partial charge in [-0.2, -0.15) is 0 Å². The van der Waals surface area contributed by atoms with Crippen molar-refractivity contribution in [3.8, 4) is 0 Å². The first-order valence-corrected chi connectivity index (χ1v) is 4.65. The summed E-state index contributed by atoms with van der Waals surface area (Å²) in [5.74, 6) is 0. The number of nitrogens with zero attached hydrogens (tertiary/aromatic N) is 3. The number of aromatic nitrogens is 1. The number of hydrogen-bond acceptors (Lipinski definition) is 6. The number of fused-ring (bicyclic) bond motifs is 1. The molecule has 7 nitrogen and oxygen atoms in total. The van der Waals surface area contributed by atoms with Crippen molar-refractivity contribution in [2.75, 3.05) is 5.43 Å². The topological polar surface area (TPSA) is 97.5 Å². The molecule has 0 saturated carbocycles. The molecular formula is C7H4N4O3S. The van der Waals surface area contributed by atoms with Gasteiger partial charge in [0.25, 0.3) is 5.69 Å². The molecule has 0 fully saturated rings. The summed E-state index contributed by atoms with van der Waals surface area (Å²) >= 11 is 1.13. The van der Waals surface area contributed by atoms with E-state index in [2.05, 4.69) is 15.7 Å². The van der Waals surface area contributed by atoms with Gasteiger partial charge in [0.15, 0.2) is 0 Å². The highest BCUT2D eigenvalue weighted by Gasteiger charge is 2.09. The Morgan fingerprint density at radius 3 is 3.00 bits per heavy atom. The molecule has 1 N–H and O–H groups in total. The maximum atomic E-state index is 10.5. The molecule has 15 heavy (non-hydrogen) atoms. The second-order valence-corrected chi connectivity index (χ2v) is 3.66. The molecule has 0 aliphatic rings. The van der Waals surface area contributed by atoms with E-state index in [1.807, 2.05) is 0 Å². The molecule has 0 atom stereocenters. The number of nitro groups is 1. The highest BCUT2D eigenvalue weighted by molar-refractivity contribution is 7.22. The third-order valence-corrected chi connectivity index (χ3v) is 2.65. The zero-order valence-electron chi connectivity index (χ0n) is 7.21. The number of nitroso groups, excluding NO2 is 1. The molecular weight excluding hydrogens is 220 g/mol. The first kappa shape index (κ1) is 9.46. The minimum atomic E-state index is -0.482. The van der Waals surface area contributed by atoms with Crippen LogP contribution in [0.5, 0.6) is 0 Å². The van der Waals surface area contributed by atoms with Crippen LogP contribution in [0, 0.1) is 15.0 Å². The molecule has 0 unspecified atom stereocenters. The van der Waals surface area contributed by atoms with Gasteiger partial charge >= 0.3 is 0 Å². The Hall–Kier alpha value is -2.09. The van der Waals surface area contributed by atoms with Crippen LogP contribution in [-0.2, 0) is 0 Å².